The van der Waals surface area contributed by atoms with Crippen molar-refractivity contribution in [2.75, 3.05) is 24.7 Å². The molecule has 2 N–H and O–H groups in total. The van der Waals surface area contributed by atoms with Crippen LogP contribution >= 0.6 is 11.8 Å². The molecule has 27 heavy (non-hydrogen) atoms. The predicted octanol–water partition coefficient (Wildman–Crippen LogP) is 2.62. The fraction of sp³-hybridized carbons (Fsp3) is 0.222. The van der Waals surface area contributed by atoms with Crippen LogP contribution in [-0.4, -0.2) is 43.9 Å². The van der Waals surface area contributed by atoms with Gasteiger partial charge in [-0.15, -0.1) is 11.8 Å². The molecule has 0 bridgehead atoms. The van der Waals surface area contributed by atoms with Crippen LogP contribution in [-0.2, 0) is 14.8 Å². The van der Waals surface area contributed by atoms with Crippen molar-refractivity contribution in [1.29, 1.82) is 0 Å². The molecule has 0 fully saturated rings. The molecular weight excluding hydrogens is 386 g/mol. The van der Waals surface area contributed by atoms with Gasteiger partial charge in [-0.3, -0.25) is 9.59 Å². The highest BCUT2D eigenvalue weighted by Gasteiger charge is 2.24. The first-order valence-electron chi connectivity index (χ1n) is 8.14. The van der Waals surface area contributed by atoms with Crippen LogP contribution < -0.4 is 10.6 Å². The zero-order chi connectivity index (χ0) is 19.8. The molecule has 0 saturated heterocycles. The SMILES string of the molecule is C[C@H]1Sc2ccc(C(=O)Nc3ccc(S(=O)(=O)N(C)C)cc3)cc2NC1=O. The van der Waals surface area contributed by atoms with Gasteiger partial charge < -0.3 is 10.6 Å². The van der Waals surface area contributed by atoms with Crippen LogP contribution in [0.15, 0.2) is 52.3 Å². The number of amides is 2. The number of benzene rings is 2. The van der Waals surface area contributed by atoms with E-state index in [4.69, 9.17) is 0 Å². The second kappa shape index (κ2) is 7.34. The van der Waals surface area contributed by atoms with Gasteiger partial charge in [-0.1, -0.05) is 0 Å². The number of sulfonamides is 1. The Hall–Kier alpha value is -2.36. The van der Waals surface area contributed by atoms with Gasteiger partial charge in [0.25, 0.3) is 5.91 Å². The number of anilines is 2. The van der Waals surface area contributed by atoms with E-state index >= 15 is 0 Å². The molecule has 7 nitrogen and oxygen atoms in total. The van der Waals surface area contributed by atoms with Gasteiger partial charge in [0, 0.05) is 30.2 Å². The third-order valence-corrected chi connectivity index (χ3v) is 7.07. The van der Waals surface area contributed by atoms with Gasteiger partial charge in [-0.05, 0) is 49.4 Å². The van der Waals surface area contributed by atoms with Crippen molar-refractivity contribution in [1.82, 2.24) is 4.31 Å². The first-order chi connectivity index (χ1) is 12.7. The maximum absolute atomic E-state index is 12.5. The fourth-order valence-electron chi connectivity index (χ4n) is 2.47. The molecule has 0 saturated carbocycles. The summed E-state index contributed by atoms with van der Waals surface area (Å²) >= 11 is 1.45. The molecule has 0 unspecified atom stereocenters. The summed E-state index contributed by atoms with van der Waals surface area (Å²) in [6, 6.07) is 11.1. The van der Waals surface area contributed by atoms with E-state index in [1.54, 1.807) is 18.2 Å². The summed E-state index contributed by atoms with van der Waals surface area (Å²) in [5, 5.41) is 5.35. The first kappa shape index (κ1) is 19.4. The summed E-state index contributed by atoms with van der Waals surface area (Å²) in [5.41, 5.74) is 1.49. The Morgan fingerprint density at radius 2 is 1.81 bits per heavy atom. The van der Waals surface area contributed by atoms with Crippen molar-refractivity contribution in [2.45, 2.75) is 22.0 Å². The average molecular weight is 406 g/mol. The number of thioether (sulfide) groups is 1. The molecule has 2 amide bonds. The topological polar surface area (TPSA) is 95.6 Å². The van der Waals surface area contributed by atoms with Gasteiger partial charge in [0.1, 0.15) is 0 Å². The van der Waals surface area contributed by atoms with Gasteiger partial charge in [0.15, 0.2) is 0 Å². The van der Waals surface area contributed by atoms with Gasteiger partial charge >= 0.3 is 0 Å². The molecular formula is C18H19N3O4S2. The minimum absolute atomic E-state index is 0.0947. The van der Waals surface area contributed by atoms with Crippen molar-refractivity contribution in [3.63, 3.8) is 0 Å². The molecule has 2 aromatic carbocycles. The molecule has 0 aromatic heterocycles. The van der Waals surface area contributed by atoms with Crippen LogP contribution in [0.25, 0.3) is 0 Å². The Morgan fingerprint density at radius 1 is 1.15 bits per heavy atom. The molecule has 0 radical (unpaired) electrons. The van der Waals surface area contributed by atoms with Gasteiger partial charge in [0.05, 0.1) is 15.8 Å². The second-order valence-electron chi connectivity index (χ2n) is 6.23. The molecule has 1 aliphatic rings. The molecule has 0 aliphatic carbocycles. The zero-order valence-electron chi connectivity index (χ0n) is 15.0. The first-order valence-corrected chi connectivity index (χ1v) is 10.5. The number of rotatable bonds is 4. The van der Waals surface area contributed by atoms with Crippen LogP contribution in [0.2, 0.25) is 0 Å². The van der Waals surface area contributed by atoms with E-state index < -0.39 is 10.0 Å². The summed E-state index contributed by atoms with van der Waals surface area (Å²) in [5.74, 6) is -0.443. The van der Waals surface area contributed by atoms with E-state index in [0.29, 0.717) is 16.9 Å². The molecule has 9 heteroatoms. The van der Waals surface area contributed by atoms with Crippen molar-refractivity contribution >= 4 is 45.0 Å². The molecule has 1 heterocycles. The molecule has 1 aliphatic heterocycles. The highest BCUT2D eigenvalue weighted by atomic mass is 32.2. The zero-order valence-corrected chi connectivity index (χ0v) is 16.6. The minimum Gasteiger partial charge on any atom is -0.324 e. The van der Waals surface area contributed by atoms with E-state index in [1.807, 2.05) is 6.92 Å². The Labute approximate surface area is 162 Å². The van der Waals surface area contributed by atoms with E-state index in [9.17, 15) is 18.0 Å². The van der Waals surface area contributed by atoms with E-state index in [-0.39, 0.29) is 22.0 Å². The van der Waals surface area contributed by atoms with Gasteiger partial charge in [0.2, 0.25) is 15.9 Å². The van der Waals surface area contributed by atoms with Crippen LogP contribution in [0.1, 0.15) is 17.3 Å². The van der Waals surface area contributed by atoms with Crippen LogP contribution in [0.3, 0.4) is 0 Å². The van der Waals surface area contributed by atoms with Crippen molar-refractivity contribution in [3.05, 3.63) is 48.0 Å². The summed E-state index contributed by atoms with van der Waals surface area (Å²) in [4.78, 5) is 25.3. The lowest BCUT2D eigenvalue weighted by Crippen LogP contribution is -2.26. The van der Waals surface area contributed by atoms with Crippen molar-refractivity contribution < 1.29 is 18.0 Å². The summed E-state index contributed by atoms with van der Waals surface area (Å²) < 4.78 is 25.3. The Kier molecular flexibility index (Phi) is 5.27. The maximum atomic E-state index is 12.5. The van der Waals surface area contributed by atoms with E-state index in [2.05, 4.69) is 10.6 Å². The Balaban J connectivity index is 1.76. The molecule has 2 aromatic rings. The second-order valence-corrected chi connectivity index (χ2v) is 9.76. The molecule has 0 spiro atoms. The van der Waals surface area contributed by atoms with Crippen LogP contribution in [0.4, 0.5) is 11.4 Å². The van der Waals surface area contributed by atoms with E-state index in [1.165, 1.54) is 50.1 Å². The average Bonchev–Trinajstić information content (AvgIpc) is 2.62. The lowest BCUT2D eigenvalue weighted by atomic mass is 10.1. The summed E-state index contributed by atoms with van der Waals surface area (Å²) in [7, 11) is -0.602. The number of nitrogens with zero attached hydrogens (tertiary/aromatic N) is 1. The fourth-order valence-corrected chi connectivity index (χ4v) is 4.31. The minimum atomic E-state index is -3.52. The standard InChI is InChI=1S/C18H19N3O4S2/c1-11-17(22)20-15-10-12(4-9-16(15)26-11)18(23)19-13-5-7-14(8-6-13)27(24,25)21(2)3/h4-11H,1-3H3,(H,19,23)(H,20,22)/t11-/m1/s1. The highest BCUT2D eigenvalue weighted by molar-refractivity contribution is 8.01. The van der Waals surface area contributed by atoms with E-state index in [0.717, 1.165) is 9.20 Å². The lowest BCUT2D eigenvalue weighted by molar-refractivity contribution is -0.115. The number of hydrogen-bond donors (Lipinski definition) is 2. The van der Waals surface area contributed by atoms with Crippen LogP contribution in [0.5, 0.6) is 0 Å². The predicted molar refractivity (Wildman–Crippen MR) is 106 cm³/mol. The van der Waals surface area contributed by atoms with Crippen molar-refractivity contribution in [2.24, 2.45) is 0 Å². The number of carbonyl (C=O) groups excluding carboxylic acids is 2. The maximum Gasteiger partial charge on any atom is 0.255 e. The number of fused-ring (bicyclic) bond motifs is 1. The molecule has 142 valence electrons. The largest absolute Gasteiger partial charge is 0.324 e. The van der Waals surface area contributed by atoms with Crippen molar-refractivity contribution in [3.8, 4) is 0 Å². The third-order valence-electron chi connectivity index (χ3n) is 4.06. The molecule has 3 rings (SSSR count). The summed E-state index contributed by atoms with van der Waals surface area (Å²) in [6.45, 7) is 1.82. The lowest BCUT2D eigenvalue weighted by Gasteiger charge is -2.21. The normalized spacial score (nSPS) is 16.6. The Bertz CT molecular complexity index is 1000. The smallest absolute Gasteiger partial charge is 0.255 e. The number of hydrogen-bond acceptors (Lipinski definition) is 5. The monoisotopic (exact) mass is 405 g/mol. The third kappa shape index (κ3) is 4.00. The highest BCUT2D eigenvalue weighted by Crippen LogP contribution is 2.36. The summed E-state index contributed by atoms with van der Waals surface area (Å²) in [6.07, 6.45) is 0. The van der Waals surface area contributed by atoms with Gasteiger partial charge in [-0.2, -0.15) is 0 Å². The molecule has 1 atom stereocenters. The quantitative estimate of drug-likeness (QED) is 0.815. The number of nitrogens with one attached hydrogen (secondary N) is 2. The van der Waals surface area contributed by atoms with Gasteiger partial charge in [-0.25, -0.2) is 12.7 Å². The Morgan fingerprint density at radius 3 is 2.44 bits per heavy atom. The number of carbonyl (C=O) groups is 2. The van der Waals surface area contributed by atoms with Crippen LogP contribution in [0, 0.1) is 0 Å².